The third-order valence-corrected chi connectivity index (χ3v) is 5.32. The minimum Gasteiger partial charge on any atom is -0.375 e. The molecule has 0 unspecified atom stereocenters. The summed E-state index contributed by atoms with van der Waals surface area (Å²) in [7, 11) is 4.29. The van der Waals surface area contributed by atoms with Gasteiger partial charge in [0.05, 0.1) is 11.2 Å². The van der Waals surface area contributed by atoms with Gasteiger partial charge in [-0.25, -0.2) is 0 Å². The van der Waals surface area contributed by atoms with Gasteiger partial charge < -0.3 is 14.5 Å². The zero-order valence-corrected chi connectivity index (χ0v) is 14.4. The maximum atomic E-state index is 12.6. The zero-order valence-electron chi connectivity index (χ0n) is 14.4. The van der Waals surface area contributed by atoms with Gasteiger partial charge in [-0.3, -0.25) is 9.78 Å². The van der Waals surface area contributed by atoms with Gasteiger partial charge in [-0.1, -0.05) is 0 Å². The molecule has 0 radical (unpaired) electrons. The number of ether oxygens (including phenoxy) is 1. The Hall–Kier alpha value is -1.46. The number of carbonyl (C=O) groups is 1. The number of amides is 1. The molecule has 5 heteroatoms. The second kappa shape index (κ2) is 6.57. The Bertz CT molecular complexity index is 548. The molecule has 2 saturated heterocycles. The number of nitrogens with zero attached hydrogens (tertiary/aromatic N) is 3. The largest absolute Gasteiger partial charge is 0.375 e. The summed E-state index contributed by atoms with van der Waals surface area (Å²) >= 11 is 0. The number of pyridine rings is 1. The van der Waals surface area contributed by atoms with Crippen LogP contribution < -0.4 is 0 Å². The van der Waals surface area contributed by atoms with Gasteiger partial charge in [0.15, 0.2) is 0 Å². The average Bonchev–Trinajstić information content (AvgIpc) is 2.56. The Morgan fingerprint density at radius 1 is 1.35 bits per heavy atom. The lowest BCUT2D eigenvalue weighted by Crippen LogP contribution is -2.53. The van der Waals surface area contributed by atoms with Crippen LogP contribution in [0.25, 0.3) is 0 Å². The van der Waals surface area contributed by atoms with Crippen molar-refractivity contribution in [3.05, 3.63) is 29.6 Å². The van der Waals surface area contributed by atoms with E-state index in [0.717, 1.165) is 51.1 Å². The van der Waals surface area contributed by atoms with E-state index in [9.17, 15) is 4.79 Å². The summed E-state index contributed by atoms with van der Waals surface area (Å²) in [5.74, 6) is 0.0901. The van der Waals surface area contributed by atoms with Gasteiger partial charge in [-0.05, 0) is 58.8 Å². The molecule has 126 valence electrons. The van der Waals surface area contributed by atoms with Crippen LogP contribution in [0.3, 0.4) is 0 Å². The van der Waals surface area contributed by atoms with Crippen molar-refractivity contribution in [3.8, 4) is 0 Å². The molecule has 1 atom stereocenters. The topological polar surface area (TPSA) is 45.7 Å². The van der Waals surface area contributed by atoms with Crippen molar-refractivity contribution in [1.29, 1.82) is 0 Å². The molecule has 3 heterocycles. The summed E-state index contributed by atoms with van der Waals surface area (Å²) < 4.78 is 6.16. The average molecular weight is 317 g/mol. The maximum Gasteiger partial charge on any atom is 0.255 e. The third kappa shape index (κ3) is 3.56. The Morgan fingerprint density at radius 2 is 2.09 bits per heavy atom. The molecule has 2 aliphatic heterocycles. The first-order valence-corrected chi connectivity index (χ1v) is 8.51. The minimum absolute atomic E-state index is 0.0322. The fourth-order valence-corrected chi connectivity index (χ4v) is 3.69. The molecule has 1 aromatic heterocycles. The quantitative estimate of drug-likeness (QED) is 0.838. The Balaban J connectivity index is 1.61. The molecule has 0 bridgehead atoms. The molecule has 1 aromatic rings. The van der Waals surface area contributed by atoms with E-state index in [1.165, 1.54) is 0 Å². The van der Waals surface area contributed by atoms with Crippen LogP contribution in [0, 0.1) is 6.92 Å². The van der Waals surface area contributed by atoms with Crippen molar-refractivity contribution in [3.63, 3.8) is 0 Å². The molecule has 2 fully saturated rings. The van der Waals surface area contributed by atoms with E-state index in [1.54, 1.807) is 6.20 Å². The number of hydrogen-bond donors (Lipinski definition) is 0. The second-order valence-electron chi connectivity index (χ2n) is 7.12. The highest BCUT2D eigenvalue weighted by molar-refractivity contribution is 5.94. The van der Waals surface area contributed by atoms with Gasteiger partial charge in [0, 0.05) is 37.6 Å². The van der Waals surface area contributed by atoms with E-state index in [2.05, 4.69) is 24.0 Å². The molecule has 3 rings (SSSR count). The Labute approximate surface area is 138 Å². The van der Waals surface area contributed by atoms with Crippen LogP contribution in [0.1, 0.15) is 41.7 Å². The molecule has 5 nitrogen and oxygen atoms in total. The van der Waals surface area contributed by atoms with Crippen LogP contribution in [0.15, 0.2) is 18.3 Å². The first-order valence-electron chi connectivity index (χ1n) is 8.51. The van der Waals surface area contributed by atoms with Crippen LogP contribution in [0.5, 0.6) is 0 Å². The van der Waals surface area contributed by atoms with Gasteiger partial charge in [-0.2, -0.15) is 0 Å². The van der Waals surface area contributed by atoms with E-state index in [0.29, 0.717) is 11.6 Å². The summed E-state index contributed by atoms with van der Waals surface area (Å²) in [5, 5.41) is 0. The van der Waals surface area contributed by atoms with Crippen LogP contribution in [0.4, 0.5) is 0 Å². The van der Waals surface area contributed by atoms with E-state index in [1.807, 2.05) is 24.0 Å². The molecular formula is C18H27N3O2. The highest BCUT2D eigenvalue weighted by Crippen LogP contribution is 2.36. The van der Waals surface area contributed by atoms with Crippen LogP contribution in [-0.2, 0) is 4.74 Å². The molecule has 1 spiro atoms. The van der Waals surface area contributed by atoms with Crippen LogP contribution in [-0.4, -0.2) is 66.1 Å². The molecule has 2 aliphatic rings. The summed E-state index contributed by atoms with van der Waals surface area (Å²) in [5.41, 5.74) is 1.59. The number of aryl methyl sites for hydroxylation is 1. The fraction of sp³-hybridized carbons (Fsp3) is 0.667. The summed E-state index contributed by atoms with van der Waals surface area (Å²) in [4.78, 5) is 21.1. The van der Waals surface area contributed by atoms with Gasteiger partial charge in [0.25, 0.3) is 5.91 Å². The maximum absolute atomic E-state index is 12.6. The highest BCUT2D eigenvalue weighted by Gasteiger charge is 2.41. The lowest BCUT2D eigenvalue weighted by Gasteiger charge is -2.47. The Morgan fingerprint density at radius 3 is 2.70 bits per heavy atom. The molecular weight excluding hydrogens is 290 g/mol. The molecule has 23 heavy (non-hydrogen) atoms. The summed E-state index contributed by atoms with van der Waals surface area (Å²) in [6, 6.07) is 4.35. The van der Waals surface area contributed by atoms with E-state index in [-0.39, 0.29) is 11.5 Å². The van der Waals surface area contributed by atoms with E-state index in [4.69, 9.17) is 4.74 Å². The smallest absolute Gasteiger partial charge is 0.255 e. The van der Waals surface area contributed by atoms with Crippen LogP contribution in [0.2, 0.25) is 0 Å². The number of carbonyl (C=O) groups excluding carboxylic acids is 1. The lowest BCUT2D eigenvalue weighted by molar-refractivity contribution is -0.125. The normalized spacial score (nSPS) is 24.2. The predicted octanol–water partition coefficient (Wildman–Crippen LogP) is 2.11. The lowest BCUT2D eigenvalue weighted by atomic mass is 9.82. The Kier molecular flexibility index (Phi) is 4.69. The first kappa shape index (κ1) is 16.4. The van der Waals surface area contributed by atoms with Crippen LogP contribution >= 0.6 is 0 Å². The fourth-order valence-electron chi connectivity index (χ4n) is 3.69. The third-order valence-electron chi connectivity index (χ3n) is 5.32. The van der Waals surface area contributed by atoms with Gasteiger partial charge in [-0.15, -0.1) is 0 Å². The van der Waals surface area contributed by atoms with Gasteiger partial charge >= 0.3 is 0 Å². The molecule has 0 aromatic carbocycles. The van der Waals surface area contributed by atoms with Crippen molar-refractivity contribution in [2.75, 3.05) is 33.8 Å². The van der Waals surface area contributed by atoms with E-state index >= 15 is 0 Å². The van der Waals surface area contributed by atoms with Gasteiger partial charge in [0.2, 0.25) is 0 Å². The summed E-state index contributed by atoms with van der Waals surface area (Å²) in [6.45, 7) is 4.30. The predicted molar refractivity (Wildman–Crippen MR) is 89.5 cm³/mol. The number of hydrogen-bond acceptors (Lipinski definition) is 4. The van der Waals surface area contributed by atoms with Crippen molar-refractivity contribution >= 4 is 5.91 Å². The van der Waals surface area contributed by atoms with Crippen molar-refractivity contribution < 1.29 is 9.53 Å². The molecule has 0 N–H and O–H groups in total. The van der Waals surface area contributed by atoms with Crippen molar-refractivity contribution in [2.24, 2.45) is 0 Å². The number of likely N-dealkylation sites (tertiary alicyclic amines) is 1. The van der Waals surface area contributed by atoms with Gasteiger partial charge in [0.1, 0.15) is 0 Å². The van der Waals surface area contributed by atoms with Crippen molar-refractivity contribution in [1.82, 2.24) is 14.8 Å². The first-order chi connectivity index (χ1) is 11.0. The minimum atomic E-state index is -0.0322. The molecule has 1 amide bonds. The standard InChI is InChI=1S/C18H27N3O2/c1-14-4-5-15(13-19-14)17(22)21-9-7-18(8-10-21)12-16(20(2)3)6-11-23-18/h4-5,13,16H,6-12H2,1-3H3/t16-/m0/s1. The monoisotopic (exact) mass is 317 g/mol. The van der Waals surface area contributed by atoms with Crippen molar-refractivity contribution in [2.45, 2.75) is 44.2 Å². The van der Waals surface area contributed by atoms with E-state index < -0.39 is 0 Å². The SMILES string of the molecule is Cc1ccc(C(=O)N2CCC3(CC2)C[C@@H](N(C)C)CCO3)cn1. The highest BCUT2D eigenvalue weighted by atomic mass is 16.5. The zero-order chi connectivity index (χ0) is 16.4. The molecule has 0 aliphatic carbocycles. The summed E-state index contributed by atoms with van der Waals surface area (Å²) in [6.07, 6.45) is 5.73. The number of rotatable bonds is 2. The second-order valence-corrected chi connectivity index (χ2v) is 7.12. The number of piperidine rings is 1. The number of aromatic nitrogens is 1. The molecule has 0 saturated carbocycles.